The smallest absolute Gasteiger partial charge is 0.306 e. The topological polar surface area (TPSA) is 98.0 Å². The first kappa shape index (κ1) is 24.5. The first-order valence-corrected chi connectivity index (χ1v) is 13.3. The zero-order valence-electron chi connectivity index (χ0n) is 20.5. The van der Waals surface area contributed by atoms with Gasteiger partial charge in [-0.05, 0) is 97.7 Å². The molecule has 5 nitrogen and oxygen atoms in total. The van der Waals surface area contributed by atoms with E-state index in [1.807, 2.05) is 0 Å². The van der Waals surface area contributed by atoms with Gasteiger partial charge in [-0.1, -0.05) is 40.5 Å². The number of carboxylic acids is 1. The summed E-state index contributed by atoms with van der Waals surface area (Å²) in [5.74, 6) is 1.03. The summed E-state index contributed by atoms with van der Waals surface area (Å²) in [6.07, 6.45) is 8.23. The van der Waals surface area contributed by atoms with E-state index in [9.17, 15) is 25.2 Å². The number of rotatable bonds is 6. The van der Waals surface area contributed by atoms with Gasteiger partial charge in [-0.15, -0.1) is 0 Å². The lowest BCUT2D eigenvalue weighted by Crippen LogP contribution is -2.58. The highest BCUT2D eigenvalue weighted by atomic mass is 16.4. The van der Waals surface area contributed by atoms with Crippen molar-refractivity contribution in [3.8, 4) is 0 Å². The average molecular weight is 451 g/mol. The summed E-state index contributed by atoms with van der Waals surface area (Å²) in [4.78, 5) is 11.2. The van der Waals surface area contributed by atoms with Crippen LogP contribution in [0.1, 0.15) is 91.9 Å². The number of aliphatic hydroxyl groups is 3. The number of carbonyl (C=O) groups is 1. The molecule has 4 fully saturated rings. The van der Waals surface area contributed by atoms with Crippen LogP contribution in [-0.4, -0.2) is 44.7 Å². The molecule has 0 aromatic carbocycles. The Kier molecular flexibility index (Phi) is 6.77. The molecule has 0 aliphatic heterocycles. The Hall–Kier alpha value is -0.650. The number of carboxylic acid groups (broad SMARTS) is 1. The van der Waals surface area contributed by atoms with E-state index >= 15 is 0 Å². The molecule has 4 saturated carbocycles. The number of aliphatic hydroxyl groups excluding tert-OH is 3. The zero-order chi connectivity index (χ0) is 23.4. The third-order valence-electron chi connectivity index (χ3n) is 11.1. The van der Waals surface area contributed by atoms with Gasteiger partial charge >= 0.3 is 5.97 Å². The molecule has 4 aliphatic rings. The van der Waals surface area contributed by atoms with Crippen molar-refractivity contribution in [2.24, 2.45) is 52.3 Å². The van der Waals surface area contributed by atoms with Gasteiger partial charge in [0.1, 0.15) is 0 Å². The maximum Gasteiger partial charge on any atom is 0.306 e. The monoisotopic (exact) mass is 450 g/mol. The fourth-order valence-electron chi connectivity index (χ4n) is 9.33. The molecule has 0 amide bonds. The van der Waals surface area contributed by atoms with Crippen LogP contribution in [0.3, 0.4) is 0 Å². The Morgan fingerprint density at radius 3 is 2.28 bits per heavy atom. The Bertz CT molecular complexity index is 696. The number of hydrogen-bond acceptors (Lipinski definition) is 4. The van der Waals surface area contributed by atoms with Crippen LogP contribution in [0.4, 0.5) is 0 Å². The van der Waals surface area contributed by atoms with Crippen LogP contribution in [-0.2, 0) is 4.79 Å². The summed E-state index contributed by atoms with van der Waals surface area (Å²) in [5.41, 5.74) is 0.239. The minimum absolute atomic E-state index is 0.0385. The van der Waals surface area contributed by atoms with E-state index in [1.54, 1.807) is 6.92 Å². The predicted molar refractivity (Wildman–Crippen MR) is 124 cm³/mol. The van der Waals surface area contributed by atoms with Crippen molar-refractivity contribution >= 4 is 5.97 Å². The van der Waals surface area contributed by atoms with Crippen LogP contribution < -0.4 is 0 Å². The molecule has 0 radical (unpaired) electrons. The molecule has 4 aliphatic carbocycles. The van der Waals surface area contributed by atoms with E-state index in [4.69, 9.17) is 0 Å². The molecular formula is C27H46O5. The number of hydrogen-bond donors (Lipinski definition) is 4. The molecule has 5 heteroatoms. The number of aliphatic carboxylic acids is 1. The van der Waals surface area contributed by atoms with Crippen LogP contribution >= 0.6 is 0 Å². The van der Waals surface area contributed by atoms with Crippen molar-refractivity contribution in [3.63, 3.8) is 0 Å². The normalized spacial score (nSPS) is 50.1. The second kappa shape index (κ2) is 8.85. The second-order valence-electron chi connectivity index (χ2n) is 12.7. The average Bonchev–Trinajstić information content (AvgIpc) is 2.99. The standard InChI is InChI=1S/C27H46O5/c1-15(6-5-7-16(2)25(31)32)24-22(30)14-20-23-19(9-11-27(20,24)4)26(3)10-8-18(28)12-17(26)13-21(23)29/h15-24,28-30H,5-14H2,1-4H3,(H,31,32)/t15-,16?,17+,18-,19+,20+,21-,22-,23-,24+,26+,27+/m1/s1. The number of fused-ring (bicyclic) bond motifs is 5. The summed E-state index contributed by atoms with van der Waals surface area (Å²) in [7, 11) is 0. The Morgan fingerprint density at radius 1 is 0.906 bits per heavy atom. The first-order chi connectivity index (χ1) is 15.0. The van der Waals surface area contributed by atoms with Gasteiger partial charge in [-0.3, -0.25) is 4.79 Å². The van der Waals surface area contributed by atoms with Crippen LogP contribution in [0, 0.1) is 52.3 Å². The lowest BCUT2D eigenvalue weighted by Gasteiger charge is -2.62. The van der Waals surface area contributed by atoms with E-state index in [0.717, 1.165) is 57.8 Å². The highest BCUT2D eigenvalue weighted by Gasteiger charge is 2.64. The molecule has 184 valence electrons. The molecule has 4 N–H and O–H groups in total. The molecule has 32 heavy (non-hydrogen) atoms. The van der Waals surface area contributed by atoms with Gasteiger partial charge in [0.05, 0.1) is 24.2 Å². The summed E-state index contributed by atoms with van der Waals surface area (Å²) >= 11 is 0. The van der Waals surface area contributed by atoms with Crippen LogP contribution in [0.2, 0.25) is 0 Å². The predicted octanol–water partition coefficient (Wildman–Crippen LogP) is 4.47. The van der Waals surface area contributed by atoms with E-state index < -0.39 is 5.97 Å². The lowest BCUT2D eigenvalue weighted by atomic mass is 9.43. The molecule has 0 aromatic rings. The maximum atomic E-state index is 11.4. The SMILES string of the molecule is CC(CCC[C@@H](C)[C@H]1[C@H](O)C[C@H]2[C@@H]3[C@H](O)C[C@@H]4C[C@H](O)CC[C@]4(C)[C@H]3CC[C@]12C)C(=O)O. The van der Waals surface area contributed by atoms with Crippen molar-refractivity contribution in [2.75, 3.05) is 0 Å². The Balaban J connectivity index is 1.50. The fourth-order valence-corrected chi connectivity index (χ4v) is 9.33. The quantitative estimate of drug-likeness (QED) is 0.478. The van der Waals surface area contributed by atoms with Gasteiger partial charge in [0.2, 0.25) is 0 Å². The maximum absolute atomic E-state index is 11.4. The van der Waals surface area contributed by atoms with Gasteiger partial charge in [-0.2, -0.15) is 0 Å². The van der Waals surface area contributed by atoms with E-state index in [0.29, 0.717) is 30.1 Å². The fraction of sp³-hybridized carbons (Fsp3) is 0.963. The summed E-state index contributed by atoms with van der Waals surface area (Å²) in [6, 6.07) is 0. The van der Waals surface area contributed by atoms with Crippen molar-refractivity contribution in [1.82, 2.24) is 0 Å². The zero-order valence-corrected chi connectivity index (χ0v) is 20.5. The molecular weight excluding hydrogens is 404 g/mol. The molecule has 0 bridgehead atoms. The van der Waals surface area contributed by atoms with Crippen molar-refractivity contribution in [3.05, 3.63) is 0 Å². The van der Waals surface area contributed by atoms with Crippen LogP contribution in [0.15, 0.2) is 0 Å². The van der Waals surface area contributed by atoms with Gasteiger partial charge in [-0.25, -0.2) is 0 Å². The van der Waals surface area contributed by atoms with Crippen molar-refractivity contribution < 1.29 is 25.2 Å². The Labute approximate surface area is 194 Å². The lowest BCUT2D eigenvalue weighted by molar-refractivity contribution is -0.174. The van der Waals surface area contributed by atoms with E-state index in [-0.39, 0.29) is 46.9 Å². The van der Waals surface area contributed by atoms with E-state index in [1.165, 1.54) is 0 Å². The minimum Gasteiger partial charge on any atom is -0.481 e. The third kappa shape index (κ3) is 3.94. The molecule has 0 spiro atoms. The molecule has 12 atom stereocenters. The minimum atomic E-state index is -0.725. The molecule has 4 rings (SSSR count). The van der Waals surface area contributed by atoms with Gasteiger partial charge in [0, 0.05) is 0 Å². The van der Waals surface area contributed by atoms with Crippen molar-refractivity contribution in [1.29, 1.82) is 0 Å². The van der Waals surface area contributed by atoms with Gasteiger partial charge < -0.3 is 20.4 Å². The van der Waals surface area contributed by atoms with E-state index in [2.05, 4.69) is 20.8 Å². The third-order valence-corrected chi connectivity index (χ3v) is 11.1. The largest absolute Gasteiger partial charge is 0.481 e. The first-order valence-electron chi connectivity index (χ1n) is 13.3. The van der Waals surface area contributed by atoms with Crippen LogP contribution in [0.5, 0.6) is 0 Å². The molecule has 0 aromatic heterocycles. The second-order valence-corrected chi connectivity index (χ2v) is 12.7. The molecule has 1 unspecified atom stereocenters. The summed E-state index contributed by atoms with van der Waals surface area (Å²) in [6.45, 7) is 8.82. The van der Waals surface area contributed by atoms with Gasteiger partial charge in [0.15, 0.2) is 0 Å². The Morgan fingerprint density at radius 2 is 1.59 bits per heavy atom. The van der Waals surface area contributed by atoms with Gasteiger partial charge in [0.25, 0.3) is 0 Å². The van der Waals surface area contributed by atoms with Crippen LogP contribution in [0.25, 0.3) is 0 Å². The highest BCUT2D eigenvalue weighted by molar-refractivity contribution is 5.69. The van der Waals surface area contributed by atoms with Crippen molar-refractivity contribution in [2.45, 2.75) is 110 Å². The molecule has 0 saturated heterocycles. The highest BCUT2D eigenvalue weighted by Crippen LogP contribution is 2.68. The summed E-state index contributed by atoms with van der Waals surface area (Å²) in [5, 5.41) is 42.0. The molecule has 0 heterocycles. The summed E-state index contributed by atoms with van der Waals surface area (Å²) < 4.78 is 0.